The molecule has 3 atom stereocenters. The molecule has 0 radical (unpaired) electrons. The number of hydrogen-bond donors (Lipinski definition) is 1. The number of aromatic nitrogens is 2. The molecule has 2 aliphatic rings. The monoisotopic (exact) mass is 421 g/mol. The second-order valence-electron chi connectivity index (χ2n) is 7.91. The number of carbonyl (C=O) groups excluding carboxylic acids is 1. The lowest BCUT2D eigenvalue weighted by atomic mass is 10.0. The lowest BCUT2D eigenvalue weighted by molar-refractivity contribution is 0.192. The molecule has 28 heavy (non-hydrogen) atoms. The predicted molar refractivity (Wildman–Crippen MR) is 110 cm³/mol. The van der Waals surface area contributed by atoms with Gasteiger partial charge in [0.1, 0.15) is 0 Å². The Kier molecular flexibility index (Phi) is 5.65. The minimum absolute atomic E-state index is 0.114. The van der Waals surface area contributed by atoms with Crippen molar-refractivity contribution in [2.75, 3.05) is 20.1 Å². The van der Waals surface area contributed by atoms with Gasteiger partial charge in [-0.15, -0.1) is 0 Å². The molecule has 8 heteroatoms. The SMILES string of the molecule is CN(Cc1ccccc1Cl)[C@H]1C[C@@H]2CN(C(=O)n3cc(Cl)c(CN)n3)C[C@@H]2C1. The van der Waals surface area contributed by atoms with Crippen LogP contribution >= 0.6 is 23.2 Å². The summed E-state index contributed by atoms with van der Waals surface area (Å²) in [6, 6.07) is 8.42. The second-order valence-corrected chi connectivity index (χ2v) is 8.73. The molecule has 1 saturated carbocycles. The summed E-state index contributed by atoms with van der Waals surface area (Å²) in [4.78, 5) is 17.0. The molecule has 2 N–H and O–H groups in total. The van der Waals surface area contributed by atoms with Crippen LogP contribution in [0.3, 0.4) is 0 Å². The fourth-order valence-electron chi connectivity index (χ4n) is 4.58. The fourth-order valence-corrected chi connectivity index (χ4v) is 4.98. The normalized spacial score (nSPS) is 24.2. The summed E-state index contributed by atoms with van der Waals surface area (Å²) in [6.45, 7) is 2.62. The molecular formula is C20H25Cl2N5O. The number of fused-ring (bicyclic) bond motifs is 1. The number of halogens is 2. The van der Waals surface area contributed by atoms with Crippen molar-refractivity contribution in [1.29, 1.82) is 0 Å². The molecule has 6 nitrogen and oxygen atoms in total. The second kappa shape index (κ2) is 8.03. The number of nitrogens with two attached hydrogens (primary N) is 1. The highest BCUT2D eigenvalue weighted by Crippen LogP contribution is 2.40. The van der Waals surface area contributed by atoms with Gasteiger partial charge in [0.2, 0.25) is 0 Å². The summed E-state index contributed by atoms with van der Waals surface area (Å²) in [5.74, 6) is 1.06. The zero-order valence-corrected chi connectivity index (χ0v) is 17.4. The van der Waals surface area contributed by atoms with Crippen molar-refractivity contribution >= 4 is 29.2 Å². The average Bonchev–Trinajstić information content (AvgIpc) is 3.35. The van der Waals surface area contributed by atoms with E-state index in [0.717, 1.165) is 43.1 Å². The Morgan fingerprint density at radius 2 is 1.89 bits per heavy atom. The summed E-state index contributed by atoms with van der Waals surface area (Å²) >= 11 is 12.4. The van der Waals surface area contributed by atoms with E-state index in [1.807, 2.05) is 23.1 Å². The summed E-state index contributed by atoms with van der Waals surface area (Å²) in [5.41, 5.74) is 7.31. The highest BCUT2D eigenvalue weighted by atomic mass is 35.5. The van der Waals surface area contributed by atoms with E-state index in [0.29, 0.717) is 28.6 Å². The van der Waals surface area contributed by atoms with Crippen molar-refractivity contribution < 1.29 is 4.79 Å². The van der Waals surface area contributed by atoms with E-state index in [2.05, 4.69) is 23.1 Å². The number of likely N-dealkylation sites (tertiary alicyclic amines) is 1. The number of amides is 1. The number of hydrogen-bond acceptors (Lipinski definition) is 4. The van der Waals surface area contributed by atoms with Crippen molar-refractivity contribution in [3.05, 3.63) is 51.8 Å². The van der Waals surface area contributed by atoms with Gasteiger partial charge in [0.15, 0.2) is 0 Å². The van der Waals surface area contributed by atoms with E-state index in [4.69, 9.17) is 28.9 Å². The third-order valence-electron chi connectivity index (χ3n) is 6.13. The molecule has 1 aromatic heterocycles. The zero-order chi connectivity index (χ0) is 19.8. The zero-order valence-electron chi connectivity index (χ0n) is 15.9. The molecule has 4 rings (SSSR count). The van der Waals surface area contributed by atoms with E-state index in [9.17, 15) is 4.79 Å². The number of nitrogens with zero attached hydrogens (tertiary/aromatic N) is 4. The van der Waals surface area contributed by atoms with Crippen molar-refractivity contribution in [3.63, 3.8) is 0 Å². The Hall–Kier alpha value is -1.60. The Bertz CT molecular complexity index is 856. The quantitative estimate of drug-likeness (QED) is 0.820. The van der Waals surface area contributed by atoms with Crippen LogP contribution in [0.25, 0.3) is 0 Å². The molecule has 1 aliphatic heterocycles. The molecule has 150 valence electrons. The molecule has 1 aromatic carbocycles. The molecule has 2 aromatic rings. The first-order valence-electron chi connectivity index (χ1n) is 9.63. The van der Waals surface area contributed by atoms with E-state index in [-0.39, 0.29) is 12.6 Å². The van der Waals surface area contributed by atoms with Crippen LogP contribution in [0, 0.1) is 11.8 Å². The third kappa shape index (κ3) is 3.79. The van der Waals surface area contributed by atoms with Gasteiger partial charge in [-0.05, 0) is 43.4 Å². The standard InChI is InChI=1S/C20H25Cl2N5O/c1-25(9-13-4-2-3-5-17(13)21)16-6-14-10-26(11-15(14)7-16)20(28)27-12-18(22)19(8-23)24-27/h2-5,12,14-16H,6-11,23H2,1H3/t14-,15+,16+. The van der Waals surface area contributed by atoms with Gasteiger partial charge in [-0.25, -0.2) is 4.79 Å². The predicted octanol–water partition coefficient (Wildman–Crippen LogP) is 3.46. The number of carbonyl (C=O) groups is 1. The molecular weight excluding hydrogens is 397 g/mol. The highest BCUT2D eigenvalue weighted by molar-refractivity contribution is 6.31. The summed E-state index contributed by atoms with van der Waals surface area (Å²) in [7, 11) is 2.16. The molecule has 2 fully saturated rings. The smallest absolute Gasteiger partial charge is 0.325 e. The topological polar surface area (TPSA) is 67.4 Å². The first-order valence-corrected chi connectivity index (χ1v) is 10.4. The Morgan fingerprint density at radius 3 is 2.50 bits per heavy atom. The van der Waals surface area contributed by atoms with Crippen molar-refractivity contribution in [2.45, 2.75) is 32.0 Å². The Balaban J connectivity index is 1.35. The van der Waals surface area contributed by atoms with Crippen molar-refractivity contribution in [1.82, 2.24) is 19.6 Å². The average molecular weight is 422 g/mol. The van der Waals surface area contributed by atoms with E-state index >= 15 is 0 Å². The van der Waals surface area contributed by atoms with Gasteiger partial charge in [-0.2, -0.15) is 9.78 Å². The first-order chi connectivity index (χ1) is 13.5. The summed E-state index contributed by atoms with van der Waals surface area (Å²) < 4.78 is 1.33. The molecule has 1 aliphatic carbocycles. The van der Waals surface area contributed by atoms with Crippen molar-refractivity contribution in [3.8, 4) is 0 Å². The molecule has 1 saturated heterocycles. The van der Waals surface area contributed by atoms with Gasteiger partial charge in [0.25, 0.3) is 0 Å². The highest BCUT2D eigenvalue weighted by Gasteiger charge is 2.43. The maximum atomic E-state index is 12.8. The fraction of sp³-hybridized carbons (Fsp3) is 0.500. The molecule has 1 amide bonds. The number of rotatable bonds is 4. The van der Waals surface area contributed by atoms with Gasteiger partial charge >= 0.3 is 6.03 Å². The lowest BCUT2D eigenvalue weighted by Gasteiger charge is -2.26. The van der Waals surface area contributed by atoms with E-state index in [1.54, 1.807) is 6.20 Å². The minimum Gasteiger partial charge on any atom is -0.325 e. The van der Waals surface area contributed by atoms with Crippen LogP contribution in [0.2, 0.25) is 10.0 Å². The molecule has 2 heterocycles. The van der Waals surface area contributed by atoms with Gasteiger partial charge in [0.05, 0.1) is 16.9 Å². The largest absolute Gasteiger partial charge is 0.344 e. The van der Waals surface area contributed by atoms with Crippen molar-refractivity contribution in [2.24, 2.45) is 17.6 Å². The Morgan fingerprint density at radius 1 is 1.21 bits per heavy atom. The van der Waals surface area contributed by atoms with Crippen LogP contribution in [-0.2, 0) is 13.1 Å². The van der Waals surface area contributed by atoms with Gasteiger partial charge in [0, 0.05) is 37.2 Å². The summed E-state index contributed by atoms with van der Waals surface area (Å²) in [5, 5.41) is 5.47. The van der Waals surface area contributed by atoms with Crippen LogP contribution in [0.4, 0.5) is 4.79 Å². The maximum Gasteiger partial charge on any atom is 0.344 e. The van der Waals surface area contributed by atoms with E-state index < -0.39 is 0 Å². The van der Waals surface area contributed by atoms with Crippen LogP contribution in [0.15, 0.2) is 30.5 Å². The van der Waals surface area contributed by atoms with Crippen LogP contribution in [0.5, 0.6) is 0 Å². The van der Waals surface area contributed by atoms with Gasteiger partial charge < -0.3 is 10.6 Å². The van der Waals surface area contributed by atoms with Crippen LogP contribution < -0.4 is 5.73 Å². The third-order valence-corrected chi connectivity index (χ3v) is 6.81. The van der Waals surface area contributed by atoms with E-state index in [1.165, 1.54) is 4.68 Å². The minimum atomic E-state index is -0.114. The lowest BCUT2D eigenvalue weighted by Crippen LogP contribution is -2.36. The summed E-state index contributed by atoms with van der Waals surface area (Å²) in [6.07, 6.45) is 3.76. The Labute approximate surface area is 175 Å². The maximum absolute atomic E-state index is 12.8. The van der Waals surface area contributed by atoms with Gasteiger partial charge in [-0.3, -0.25) is 4.90 Å². The van der Waals surface area contributed by atoms with Crippen LogP contribution in [0.1, 0.15) is 24.1 Å². The first kappa shape index (κ1) is 19.7. The van der Waals surface area contributed by atoms with Gasteiger partial charge in [-0.1, -0.05) is 41.4 Å². The number of benzene rings is 1. The van der Waals surface area contributed by atoms with Crippen LogP contribution in [-0.4, -0.2) is 51.8 Å². The molecule has 0 bridgehead atoms. The molecule has 0 unspecified atom stereocenters. The molecule has 0 spiro atoms.